The van der Waals surface area contributed by atoms with Gasteiger partial charge in [0.05, 0.1) is 22.2 Å². The Morgan fingerprint density at radius 2 is 1.93 bits per heavy atom. The summed E-state index contributed by atoms with van der Waals surface area (Å²) in [4.78, 5) is 13.0. The number of aliphatic hydroxyl groups is 2. The van der Waals surface area contributed by atoms with Crippen molar-refractivity contribution in [1.29, 1.82) is 0 Å². The van der Waals surface area contributed by atoms with Gasteiger partial charge in [-0.15, -0.1) is 0 Å². The molecule has 0 saturated heterocycles. The molecule has 236 valence electrons. The number of hydrogen-bond donors (Lipinski definition) is 3. The Morgan fingerprint density at radius 1 is 1.31 bits per heavy atom. The third kappa shape index (κ3) is 8.48. The predicted molar refractivity (Wildman–Crippen MR) is 144 cm³/mol. The van der Waals surface area contributed by atoms with E-state index in [1.54, 1.807) is 6.92 Å². The van der Waals surface area contributed by atoms with Crippen LogP contribution in [0.2, 0.25) is 5.02 Å². The minimum Gasteiger partial charge on any atom is -0.434 e. The van der Waals surface area contributed by atoms with Gasteiger partial charge in [0.1, 0.15) is 11.4 Å². The van der Waals surface area contributed by atoms with Crippen LogP contribution in [0.15, 0.2) is 18.2 Å². The molecule has 3 N–H and O–H groups in total. The number of amides is 1. The molecule has 0 bridgehead atoms. The van der Waals surface area contributed by atoms with Crippen LogP contribution >= 0.6 is 11.6 Å². The van der Waals surface area contributed by atoms with E-state index in [4.69, 9.17) is 20.0 Å². The molecule has 2 aromatic rings. The molecular weight excluding hydrogens is 613 g/mol. The van der Waals surface area contributed by atoms with Crippen LogP contribution in [0, 0.1) is 11.3 Å². The summed E-state index contributed by atoms with van der Waals surface area (Å²) in [6.45, 7) is 2.27. The first kappa shape index (κ1) is 35.6. The molecule has 1 fully saturated rings. The van der Waals surface area contributed by atoms with Gasteiger partial charge in [0.2, 0.25) is 0 Å². The summed E-state index contributed by atoms with van der Waals surface area (Å²) in [6.07, 6.45) is -4.72. The summed E-state index contributed by atoms with van der Waals surface area (Å²) in [6, 6.07) is 3.75. The SMILES string of the molecule is CCn1nc(C(=O)NC[C@@]2(O)CC[C@H](C)C[C@@H]2O)c(Cl)c1-c1ccc(CC(C)(C)C(F)(F)F)cc1OC(F)F.O=S=O. The van der Waals surface area contributed by atoms with Crippen LogP contribution in [0.4, 0.5) is 22.0 Å². The Kier molecular flexibility index (Phi) is 12.1. The Balaban J connectivity index is 0.00000197. The number of nitrogens with one attached hydrogen (secondary N) is 1. The number of carbonyl (C=O) groups is 1. The van der Waals surface area contributed by atoms with E-state index >= 15 is 0 Å². The molecule has 42 heavy (non-hydrogen) atoms. The molecule has 1 aromatic heterocycles. The van der Waals surface area contributed by atoms with Gasteiger partial charge in [-0.1, -0.05) is 38.4 Å². The molecule has 0 spiro atoms. The van der Waals surface area contributed by atoms with Gasteiger partial charge >= 0.3 is 24.4 Å². The number of halogens is 6. The summed E-state index contributed by atoms with van der Waals surface area (Å²) in [5.74, 6) is -0.950. The number of rotatable bonds is 9. The highest BCUT2D eigenvalue weighted by molar-refractivity contribution is 7.51. The van der Waals surface area contributed by atoms with E-state index in [9.17, 15) is 37.0 Å². The lowest BCUT2D eigenvalue weighted by molar-refractivity contribution is -0.211. The molecule has 3 atom stereocenters. The lowest BCUT2D eigenvalue weighted by atomic mass is 9.77. The van der Waals surface area contributed by atoms with E-state index in [1.165, 1.54) is 16.8 Å². The van der Waals surface area contributed by atoms with E-state index < -0.39 is 59.6 Å². The average molecular weight is 646 g/mol. The van der Waals surface area contributed by atoms with E-state index in [-0.39, 0.29) is 53.0 Å². The van der Waals surface area contributed by atoms with Gasteiger partial charge in [-0.05, 0) is 56.2 Å². The van der Waals surface area contributed by atoms with Crippen LogP contribution in [0.1, 0.15) is 63.0 Å². The first-order valence-electron chi connectivity index (χ1n) is 12.9. The number of hydrogen-bond acceptors (Lipinski definition) is 7. The Bertz CT molecular complexity index is 1290. The quantitative estimate of drug-likeness (QED) is 0.330. The molecule has 1 aliphatic carbocycles. The first-order chi connectivity index (χ1) is 19.4. The van der Waals surface area contributed by atoms with Crippen molar-refractivity contribution >= 4 is 29.1 Å². The zero-order chi connectivity index (χ0) is 32.0. The molecule has 3 rings (SSSR count). The zero-order valence-corrected chi connectivity index (χ0v) is 24.9. The summed E-state index contributed by atoms with van der Waals surface area (Å²) in [5.41, 5.74) is -3.71. The maximum Gasteiger partial charge on any atom is 0.394 e. The van der Waals surface area contributed by atoms with E-state index in [0.717, 1.165) is 19.9 Å². The second kappa shape index (κ2) is 14.2. The highest BCUT2D eigenvalue weighted by Crippen LogP contribution is 2.43. The molecule has 1 saturated carbocycles. The molecule has 0 radical (unpaired) electrons. The minimum absolute atomic E-state index is 0.0117. The number of carbonyl (C=O) groups excluding carboxylic acids is 1. The van der Waals surface area contributed by atoms with Crippen molar-refractivity contribution in [3.63, 3.8) is 0 Å². The maximum atomic E-state index is 13.4. The molecule has 1 heterocycles. The molecular formula is C26H33ClF5N3O6S. The van der Waals surface area contributed by atoms with E-state index in [1.807, 2.05) is 6.92 Å². The van der Waals surface area contributed by atoms with Crippen LogP contribution in [-0.2, 0) is 24.5 Å². The number of ether oxygens (including phenoxy) is 1. The van der Waals surface area contributed by atoms with Gasteiger partial charge in [0, 0.05) is 18.7 Å². The number of benzene rings is 1. The predicted octanol–water partition coefficient (Wildman–Crippen LogP) is 4.93. The average Bonchev–Trinajstić information content (AvgIpc) is 3.21. The number of alkyl halides is 5. The normalized spacial score (nSPS) is 21.0. The second-order valence-corrected chi connectivity index (χ2v) is 11.4. The van der Waals surface area contributed by atoms with Crippen molar-refractivity contribution in [3.8, 4) is 17.0 Å². The molecule has 9 nitrogen and oxygen atoms in total. The number of nitrogens with zero attached hydrogens (tertiary/aromatic N) is 2. The molecule has 16 heteroatoms. The summed E-state index contributed by atoms with van der Waals surface area (Å²) < 4.78 is 89.3. The van der Waals surface area contributed by atoms with Gasteiger partial charge in [0.25, 0.3) is 5.91 Å². The van der Waals surface area contributed by atoms with Gasteiger partial charge in [-0.25, -0.2) is 0 Å². The van der Waals surface area contributed by atoms with Crippen molar-refractivity contribution in [3.05, 3.63) is 34.5 Å². The van der Waals surface area contributed by atoms with Crippen LogP contribution in [0.3, 0.4) is 0 Å². The van der Waals surface area contributed by atoms with E-state index in [2.05, 4.69) is 15.2 Å². The fraction of sp³-hybridized carbons (Fsp3) is 0.615. The maximum absolute atomic E-state index is 13.4. The van der Waals surface area contributed by atoms with Crippen molar-refractivity contribution in [2.24, 2.45) is 11.3 Å². The number of aromatic nitrogens is 2. The zero-order valence-electron chi connectivity index (χ0n) is 23.3. The Hall–Kier alpha value is -2.62. The summed E-state index contributed by atoms with van der Waals surface area (Å²) >= 11 is 5.76. The smallest absolute Gasteiger partial charge is 0.394 e. The molecule has 1 amide bonds. The highest BCUT2D eigenvalue weighted by Gasteiger charge is 2.47. The second-order valence-electron chi connectivity index (χ2n) is 10.8. The Morgan fingerprint density at radius 3 is 2.45 bits per heavy atom. The van der Waals surface area contributed by atoms with Crippen molar-refractivity contribution in [1.82, 2.24) is 15.1 Å². The van der Waals surface area contributed by atoms with Gasteiger partial charge in [0.15, 0.2) is 5.69 Å². The topological polar surface area (TPSA) is 131 Å². The van der Waals surface area contributed by atoms with Crippen LogP contribution in [-0.4, -0.2) is 65.4 Å². The molecule has 0 unspecified atom stereocenters. The van der Waals surface area contributed by atoms with Crippen LogP contribution < -0.4 is 10.1 Å². The monoisotopic (exact) mass is 645 g/mol. The molecule has 0 aliphatic heterocycles. The summed E-state index contributed by atoms with van der Waals surface area (Å²) in [7, 11) is 0. The van der Waals surface area contributed by atoms with Crippen molar-refractivity contribution in [2.75, 3.05) is 6.54 Å². The fourth-order valence-corrected chi connectivity index (χ4v) is 4.98. The van der Waals surface area contributed by atoms with Gasteiger partial charge < -0.3 is 20.3 Å². The molecule has 1 aromatic carbocycles. The van der Waals surface area contributed by atoms with Crippen molar-refractivity contribution in [2.45, 2.75) is 84.4 Å². The van der Waals surface area contributed by atoms with Crippen LogP contribution in [0.5, 0.6) is 5.75 Å². The lowest BCUT2D eigenvalue weighted by Crippen LogP contribution is -2.54. The third-order valence-corrected chi connectivity index (χ3v) is 7.57. The standard InChI is InChI=1S/C26H33ClF5N3O4.O2S/c1-5-35-21(16-7-6-15(11-17(16)39-23(28)29)12-24(3,4)26(30,31)32)19(27)20(34-35)22(37)33-13-25(38)9-8-14(2)10-18(25)36;1-3-2/h6-7,11,14,18,23,36,38H,5,8-10,12-13H2,1-4H3,(H,33,37);/t14-,18-,25-;/m0./s1. The Labute approximate surface area is 248 Å². The highest BCUT2D eigenvalue weighted by atomic mass is 35.5. The van der Waals surface area contributed by atoms with Crippen molar-refractivity contribution < 1.29 is 50.1 Å². The summed E-state index contributed by atoms with van der Waals surface area (Å²) in [5, 5.41) is 27.7. The van der Waals surface area contributed by atoms with Gasteiger partial charge in [-0.3, -0.25) is 9.48 Å². The minimum atomic E-state index is -4.53. The first-order valence-corrected chi connectivity index (χ1v) is 14.0. The third-order valence-electron chi connectivity index (χ3n) is 7.21. The number of aliphatic hydroxyl groups excluding tert-OH is 1. The van der Waals surface area contributed by atoms with E-state index in [0.29, 0.717) is 12.8 Å². The van der Waals surface area contributed by atoms with Gasteiger partial charge in [-0.2, -0.15) is 35.5 Å². The number of aryl methyl sites for hydroxylation is 1. The fourth-order valence-electron chi connectivity index (χ4n) is 4.65. The largest absolute Gasteiger partial charge is 0.434 e. The molecule has 1 aliphatic rings. The lowest BCUT2D eigenvalue weighted by Gasteiger charge is -2.39. The van der Waals surface area contributed by atoms with Crippen LogP contribution in [0.25, 0.3) is 11.3 Å².